The molecule has 1 N–H and O–H groups in total. The van der Waals surface area contributed by atoms with Crippen molar-refractivity contribution in [1.82, 2.24) is 20.2 Å². The van der Waals surface area contributed by atoms with E-state index in [4.69, 9.17) is 11.6 Å². The molecule has 2 rings (SSSR count). The standard InChI is InChI=1S/C13H14ClF3N4O2/c1-7(22)21-5-8(2-3-10(21)13(15,16)17)20-12(23)11-9(14)4-18-6-19-11/h4,6,8,10H,2-3,5H2,1H3,(H,20,23). The van der Waals surface area contributed by atoms with Crippen LogP contribution in [0.25, 0.3) is 0 Å². The van der Waals surface area contributed by atoms with Crippen LogP contribution in [0.1, 0.15) is 30.3 Å². The van der Waals surface area contributed by atoms with Crippen molar-refractivity contribution >= 4 is 23.4 Å². The quantitative estimate of drug-likeness (QED) is 0.882. The maximum Gasteiger partial charge on any atom is 0.408 e. The summed E-state index contributed by atoms with van der Waals surface area (Å²) < 4.78 is 38.8. The minimum atomic E-state index is -4.49. The predicted octanol–water partition coefficient (Wildman–Crippen LogP) is 1.80. The Morgan fingerprint density at radius 1 is 1.39 bits per heavy atom. The summed E-state index contributed by atoms with van der Waals surface area (Å²) in [6.07, 6.45) is -2.28. The van der Waals surface area contributed by atoms with Gasteiger partial charge in [0.2, 0.25) is 5.91 Å². The zero-order valence-electron chi connectivity index (χ0n) is 12.1. The van der Waals surface area contributed by atoms with Crippen LogP contribution in [0.15, 0.2) is 12.5 Å². The van der Waals surface area contributed by atoms with Crippen molar-refractivity contribution in [3.05, 3.63) is 23.2 Å². The average Bonchev–Trinajstić information content (AvgIpc) is 2.46. The zero-order valence-corrected chi connectivity index (χ0v) is 12.9. The van der Waals surface area contributed by atoms with Gasteiger partial charge in [0, 0.05) is 25.7 Å². The van der Waals surface area contributed by atoms with Crippen LogP contribution in [0.2, 0.25) is 5.02 Å². The van der Waals surface area contributed by atoms with E-state index in [0.29, 0.717) is 0 Å². The van der Waals surface area contributed by atoms with Crippen LogP contribution in [0, 0.1) is 0 Å². The van der Waals surface area contributed by atoms with Gasteiger partial charge in [0.05, 0.1) is 5.02 Å². The highest BCUT2D eigenvalue weighted by atomic mass is 35.5. The number of amides is 2. The molecule has 0 saturated carbocycles. The number of piperidine rings is 1. The lowest BCUT2D eigenvalue weighted by Crippen LogP contribution is -2.57. The van der Waals surface area contributed by atoms with E-state index in [9.17, 15) is 22.8 Å². The van der Waals surface area contributed by atoms with Crippen LogP contribution in [0.4, 0.5) is 13.2 Å². The fourth-order valence-corrected chi connectivity index (χ4v) is 2.70. The molecule has 1 aromatic rings. The van der Waals surface area contributed by atoms with Gasteiger partial charge in [-0.1, -0.05) is 11.6 Å². The lowest BCUT2D eigenvalue weighted by atomic mass is 9.97. The van der Waals surface area contributed by atoms with Crippen LogP contribution in [0.5, 0.6) is 0 Å². The molecular formula is C13H14ClF3N4O2. The lowest BCUT2D eigenvalue weighted by Gasteiger charge is -2.40. The predicted molar refractivity (Wildman–Crippen MR) is 74.8 cm³/mol. The fourth-order valence-electron chi connectivity index (χ4n) is 2.51. The van der Waals surface area contributed by atoms with Gasteiger partial charge in [-0.05, 0) is 12.8 Å². The second-order valence-corrected chi connectivity index (χ2v) is 5.60. The van der Waals surface area contributed by atoms with Gasteiger partial charge in [0.1, 0.15) is 18.1 Å². The Morgan fingerprint density at radius 3 is 2.65 bits per heavy atom. The van der Waals surface area contributed by atoms with Crippen LogP contribution >= 0.6 is 11.6 Å². The molecule has 0 aromatic carbocycles. The van der Waals surface area contributed by atoms with Crippen molar-refractivity contribution in [3.8, 4) is 0 Å². The van der Waals surface area contributed by atoms with Crippen molar-refractivity contribution in [3.63, 3.8) is 0 Å². The van der Waals surface area contributed by atoms with Crippen molar-refractivity contribution in [2.45, 2.75) is 38.0 Å². The number of nitrogens with zero attached hydrogens (tertiary/aromatic N) is 3. The fraction of sp³-hybridized carbons (Fsp3) is 0.538. The Hall–Kier alpha value is -1.90. The number of rotatable bonds is 2. The zero-order chi connectivity index (χ0) is 17.2. The Morgan fingerprint density at radius 2 is 2.09 bits per heavy atom. The summed E-state index contributed by atoms with van der Waals surface area (Å²) in [7, 11) is 0. The third-order valence-electron chi connectivity index (χ3n) is 3.58. The highest BCUT2D eigenvalue weighted by Crippen LogP contribution is 2.32. The van der Waals surface area contributed by atoms with E-state index < -0.39 is 30.1 Å². The average molecular weight is 351 g/mol. The highest BCUT2D eigenvalue weighted by Gasteiger charge is 2.47. The molecule has 2 amide bonds. The Bertz CT molecular complexity index is 611. The molecule has 0 radical (unpaired) electrons. The van der Waals surface area contributed by atoms with Crippen molar-refractivity contribution in [2.24, 2.45) is 0 Å². The van der Waals surface area contributed by atoms with Gasteiger partial charge >= 0.3 is 6.18 Å². The number of carbonyl (C=O) groups is 2. The third-order valence-corrected chi connectivity index (χ3v) is 3.86. The molecule has 126 valence electrons. The third kappa shape index (κ3) is 4.10. The molecule has 1 aliphatic rings. The SMILES string of the molecule is CC(=O)N1CC(NC(=O)c2ncncc2Cl)CCC1C(F)(F)F. The van der Waals surface area contributed by atoms with Crippen LogP contribution in [-0.2, 0) is 4.79 Å². The normalized spacial score (nSPS) is 21.9. The molecule has 0 bridgehead atoms. The van der Waals surface area contributed by atoms with Gasteiger partial charge in [-0.3, -0.25) is 9.59 Å². The molecule has 1 aromatic heterocycles. The Labute approximate surface area is 135 Å². The van der Waals surface area contributed by atoms with E-state index in [2.05, 4.69) is 15.3 Å². The molecule has 10 heteroatoms. The maximum atomic E-state index is 12.9. The number of aromatic nitrogens is 2. The van der Waals surface area contributed by atoms with Crippen LogP contribution < -0.4 is 5.32 Å². The second kappa shape index (κ2) is 6.69. The highest BCUT2D eigenvalue weighted by molar-refractivity contribution is 6.33. The molecule has 2 heterocycles. The maximum absolute atomic E-state index is 12.9. The monoisotopic (exact) mass is 350 g/mol. The number of carbonyl (C=O) groups excluding carboxylic acids is 2. The van der Waals surface area contributed by atoms with Gasteiger partial charge < -0.3 is 10.2 Å². The molecular weight excluding hydrogens is 337 g/mol. The number of halogens is 4. The van der Waals surface area contributed by atoms with Crippen LogP contribution in [0.3, 0.4) is 0 Å². The van der Waals surface area contributed by atoms with Crippen LogP contribution in [-0.4, -0.2) is 51.5 Å². The molecule has 2 atom stereocenters. The Balaban J connectivity index is 2.07. The lowest BCUT2D eigenvalue weighted by molar-refractivity contribution is -0.196. The summed E-state index contributed by atoms with van der Waals surface area (Å²) in [5.41, 5.74) is -0.0611. The molecule has 1 aliphatic heterocycles. The summed E-state index contributed by atoms with van der Waals surface area (Å²) in [4.78, 5) is 31.7. The van der Waals surface area contributed by atoms with E-state index in [1.807, 2.05) is 0 Å². The number of nitrogens with one attached hydrogen (secondary N) is 1. The minimum Gasteiger partial charge on any atom is -0.346 e. The van der Waals surface area contributed by atoms with Gasteiger partial charge in [0.15, 0.2) is 0 Å². The Kier molecular flexibility index (Phi) is 5.08. The van der Waals surface area contributed by atoms with E-state index in [1.165, 1.54) is 6.20 Å². The first-order chi connectivity index (χ1) is 10.7. The van der Waals surface area contributed by atoms with E-state index >= 15 is 0 Å². The largest absolute Gasteiger partial charge is 0.408 e. The van der Waals surface area contributed by atoms with Gasteiger partial charge in [-0.25, -0.2) is 9.97 Å². The molecule has 23 heavy (non-hydrogen) atoms. The molecule has 0 aliphatic carbocycles. The smallest absolute Gasteiger partial charge is 0.346 e. The van der Waals surface area contributed by atoms with Gasteiger partial charge in [-0.15, -0.1) is 0 Å². The van der Waals surface area contributed by atoms with E-state index in [0.717, 1.165) is 18.2 Å². The molecule has 2 unspecified atom stereocenters. The summed E-state index contributed by atoms with van der Waals surface area (Å²) in [5, 5.41) is 2.60. The van der Waals surface area contributed by atoms with E-state index in [-0.39, 0.29) is 30.1 Å². The first-order valence-corrected chi connectivity index (χ1v) is 7.18. The number of likely N-dealkylation sites (tertiary alicyclic amines) is 1. The van der Waals surface area contributed by atoms with Gasteiger partial charge in [0.25, 0.3) is 5.91 Å². The summed E-state index contributed by atoms with van der Waals surface area (Å²) in [6.45, 7) is 0.859. The van der Waals surface area contributed by atoms with Gasteiger partial charge in [-0.2, -0.15) is 13.2 Å². The van der Waals surface area contributed by atoms with Crippen molar-refractivity contribution in [2.75, 3.05) is 6.54 Å². The summed E-state index contributed by atoms with van der Waals surface area (Å²) in [5.74, 6) is -1.30. The second-order valence-electron chi connectivity index (χ2n) is 5.20. The van der Waals surface area contributed by atoms with E-state index in [1.54, 1.807) is 0 Å². The van der Waals surface area contributed by atoms with Crippen molar-refractivity contribution in [1.29, 1.82) is 0 Å². The topological polar surface area (TPSA) is 75.2 Å². The molecule has 6 nitrogen and oxygen atoms in total. The molecule has 1 fully saturated rings. The summed E-state index contributed by atoms with van der Waals surface area (Å²) in [6, 6.07) is -2.42. The minimum absolute atomic E-state index is 0.0393. The number of hydrogen-bond acceptors (Lipinski definition) is 4. The van der Waals surface area contributed by atoms with Crippen molar-refractivity contribution < 1.29 is 22.8 Å². The first kappa shape index (κ1) is 17.5. The first-order valence-electron chi connectivity index (χ1n) is 6.80. The summed E-state index contributed by atoms with van der Waals surface area (Å²) >= 11 is 5.80. The molecule has 0 spiro atoms. The molecule has 1 saturated heterocycles. The number of alkyl halides is 3. The number of hydrogen-bond donors (Lipinski definition) is 1.